The van der Waals surface area contributed by atoms with Crippen molar-refractivity contribution in [2.24, 2.45) is 0 Å². The number of halogens is 2. The monoisotopic (exact) mass is 336 g/mol. The van der Waals surface area contributed by atoms with Crippen molar-refractivity contribution in [3.8, 4) is 0 Å². The van der Waals surface area contributed by atoms with Gasteiger partial charge in [-0.3, -0.25) is 9.36 Å². The van der Waals surface area contributed by atoms with Gasteiger partial charge in [0.2, 0.25) is 0 Å². The summed E-state index contributed by atoms with van der Waals surface area (Å²) in [4.78, 5) is 18.3. The Hall–Kier alpha value is -2.12. The lowest BCUT2D eigenvalue weighted by molar-refractivity contribution is 0.150. The van der Waals surface area contributed by atoms with Crippen molar-refractivity contribution in [1.29, 1.82) is 0 Å². The lowest BCUT2D eigenvalue weighted by Gasteiger charge is -2.13. The van der Waals surface area contributed by atoms with Gasteiger partial charge in [-0.15, -0.1) is 11.3 Å². The molecule has 23 heavy (non-hydrogen) atoms. The molecule has 0 aliphatic carbocycles. The van der Waals surface area contributed by atoms with Crippen molar-refractivity contribution in [1.82, 2.24) is 9.55 Å². The van der Waals surface area contributed by atoms with Crippen molar-refractivity contribution in [2.75, 3.05) is 0 Å². The van der Waals surface area contributed by atoms with Gasteiger partial charge in [-0.2, -0.15) is 0 Å². The Kier molecular flexibility index (Phi) is 4.23. The highest BCUT2D eigenvalue weighted by Gasteiger charge is 2.16. The fourth-order valence-electron chi connectivity index (χ4n) is 2.37. The van der Waals surface area contributed by atoms with Gasteiger partial charge in [0.15, 0.2) is 0 Å². The van der Waals surface area contributed by atoms with E-state index in [1.807, 2.05) is 6.92 Å². The van der Waals surface area contributed by atoms with Gasteiger partial charge in [-0.1, -0.05) is 13.0 Å². The van der Waals surface area contributed by atoms with E-state index in [0.717, 1.165) is 17.4 Å². The number of hydrogen-bond donors (Lipinski definition) is 1. The lowest BCUT2D eigenvalue weighted by Crippen LogP contribution is -2.23. The molecular weight excluding hydrogens is 322 g/mol. The molecule has 0 spiro atoms. The molecule has 1 aromatic carbocycles. The smallest absolute Gasteiger partial charge is 0.262 e. The van der Waals surface area contributed by atoms with Crippen molar-refractivity contribution >= 4 is 21.6 Å². The SMILES string of the molecule is CCc1cc2c(=O)n(CC(O)c3ccc(F)cc3F)cnc2s1. The van der Waals surface area contributed by atoms with Gasteiger partial charge in [0.1, 0.15) is 16.5 Å². The van der Waals surface area contributed by atoms with E-state index in [2.05, 4.69) is 4.98 Å². The summed E-state index contributed by atoms with van der Waals surface area (Å²) in [6, 6.07) is 4.73. The number of hydrogen-bond acceptors (Lipinski definition) is 4. The lowest BCUT2D eigenvalue weighted by atomic mass is 10.1. The molecule has 120 valence electrons. The maximum Gasteiger partial charge on any atom is 0.262 e. The van der Waals surface area contributed by atoms with Gasteiger partial charge >= 0.3 is 0 Å². The summed E-state index contributed by atoms with van der Waals surface area (Å²) in [5, 5.41) is 10.6. The van der Waals surface area contributed by atoms with Gasteiger partial charge in [0.25, 0.3) is 5.56 Å². The summed E-state index contributed by atoms with van der Waals surface area (Å²) in [6.45, 7) is 1.84. The van der Waals surface area contributed by atoms with Crippen molar-refractivity contribution in [3.63, 3.8) is 0 Å². The zero-order valence-electron chi connectivity index (χ0n) is 12.3. The van der Waals surface area contributed by atoms with Gasteiger partial charge in [0, 0.05) is 16.5 Å². The minimum atomic E-state index is -1.27. The fraction of sp³-hybridized carbons (Fsp3) is 0.250. The predicted octanol–water partition coefficient (Wildman–Crippen LogP) is 3.03. The molecule has 1 atom stereocenters. The first-order valence-electron chi connectivity index (χ1n) is 7.10. The molecule has 3 rings (SSSR count). The molecule has 3 aromatic rings. The number of thiophene rings is 1. The maximum atomic E-state index is 13.7. The molecule has 4 nitrogen and oxygen atoms in total. The summed E-state index contributed by atoms with van der Waals surface area (Å²) in [7, 11) is 0. The predicted molar refractivity (Wildman–Crippen MR) is 84.6 cm³/mol. The zero-order valence-corrected chi connectivity index (χ0v) is 13.1. The van der Waals surface area contributed by atoms with Crippen LogP contribution in [0.1, 0.15) is 23.5 Å². The van der Waals surface area contributed by atoms with Crippen LogP contribution in [0.2, 0.25) is 0 Å². The number of rotatable bonds is 4. The number of fused-ring (bicyclic) bond motifs is 1. The molecule has 0 amide bonds. The zero-order chi connectivity index (χ0) is 16.6. The molecule has 2 heterocycles. The Morgan fingerprint density at radius 3 is 2.83 bits per heavy atom. The van der Waals surface area contributed by atoms with Crippen LogP contribution in [0, 0.1) is 11.6 Å². The third kappa shape index (κ3) is 3.02. The van der Waals surface area contributed by atoms with E-state index in [-0.39, 0.29) is 17.7 Å². The second-order valence-corrected chi connectivity index (χ2v) is 6.28. The van der Waals surface area contributed by atoms with Crippen LogP contribution < -0.4 is 5.56 Å². The number of aliphatic hydroxyl groups excluding tert-OH is 1. The van der Waals surface area contributed by atoms with E-state index >= 15 is 0 Å². The Morgan fingerprint density at radius 2 is 2.13 bits per heavy atom. The molecule has 2 aromatic heterocycles. The molecule has 0 aliphatic heterocycles. The molecule has 0 bridgehead atoms. The molecular formula is C16H14F2N2O2S. The third-order valence-electron chi connectivity index (χ3n) is 3.61. The Bertz CT molecular complexity index is 920. The first-order chi connectivity index (χ1) is 11.0. The summed E-state index contributed by atoms with van der Waals surface area (Å²) in [6.07, 6.45) is 0.881. The topological polar surface area (TPSA) is 55.1 Å². The molecule has 1 N–H and O–H groups in total. The van der Waals surface area contributed by atoms with Gasteiger partial charge in [-0.05, 0) is 18.6 Å². The summed E-state index contributed by atoms with van der Waals surface area (Å²) >= 11 is 1.45. The number of aryl methyl sites for hydroxylation is 1. The number of nitrogens with zero attached hydrogens (tertiary/aromatic N) is 2. The molecule has 0 saturated heterocycles. The van der Waals surface area contributed by atoms with Crippen LogP contribution in [0.15, 0.2) is 35.4 Å². The van der Waals surface area contributed by atoms with E-state index < -0.39 is 17.7 Å². The second-order valence-electron chi connectivity index (χ2n) is 5.17. The fourth-order valence-corrected chi connectivity index (χ4v) is 3.30. The number of benzene rings is 1. The summed E-state index contributed by atoms with van der Waals surface area (Å²) in [5.74, 6) is -1.56. The Morgan fingerprint density at radius 1 is 1.35 bits per heavy atom. The first kappa shape index (κ1) is 15.8. The van der Waals surface area contributed by atoms with Crippen molar-refractivity contribution < 1.29 is 13.9 Å². The van der Waals surface area contributed by atoms with Crippen LogP contribution in [0.4, 0.5) is 8.78 Å². The van der Waals surface area contributed by atoms with Crippen LogP contribution in [0.25, 0.3) is 10.2 Å². The van der Waals surface area contributed by atoms with Crippen LogP contribution in [-0.4, -0.2) is 14.7 Å². The van der Waals surface area contributed by atoms with E-state index in [1.165, 1.54) is 28.3 Å². The Labute approximate surface area is 134 Å². The van der Waals surface area contributed by atoms with Crippen LogP contribution in [0.3, 0.4) is 0 Å². The highest BCUT2D eigenvalue weighted by molar-refractivity contribution is 7.18. The van der Waals surface area contributed by atoms with Crippen molar-refractivity contribution in [2.45, 2.75) is 26.0 Å². The van der Waals surface area contributed by atoms with Crippen LogP contribution >= 0.6 is 11.3 Å². The number of aliphatic hydroxyl groups is 1. The normalized spacial score (nSPS) is 12.7. The van der Waals surface area contributed by atoms with Gasteiger partial charge in [-0.25, -0.2) is 13.8 Å². The molecule has 0 saturated carbocycles. The van der Waals surface area contributed by atoms with Crippen LogP contribution in [0.5, 0.6) is 0 Å². The van der Waals surface area contributed by atoms with Crippen LogP contribution in [-0.2, 0) is 13.0 Å². The van der Waals surface area contributed by atoms with E-state index in [0.29, 0.717) is 16.3 Å². The van der Waals surface area contributed by atoms with E-state index in [9.17, 15) is 18.7 Å². The van der Waals surface area contributed by atoms with E-state index in [1.54, 1.807) is 6.07 Å². The quantitative estimate of drug-likeness (QED) is 0.797. The van der Waals surface area contributed by atoms with Crippen molar-refractivity contribution in [3.05, 3.63) is 63.0 Å². The second kappa shape index (κ2) is 6.17. The average molecular weight is 336 g/mol. The highest BCUT2D eigenvalue weighted by atomic mass is 32.1. The molecule has 0 radical (unpaired) electrons. The number of aromatic nitrogens is 2. The average Bonchev–Trinajstić information content (AvgIpc) is 2.94. The largest absolute Gasteiger partial charge is 0.386 e. The highest BCUT2D eigenvalue weighted by Crippen LogP contribution is 2.22. The minimum absolute atomic E-state index is 0.0574. The standard InChI is InChI=1S/C16H14F2N2O2S/c1-2-10-6-12-15(23-10)19-8-20(16(12)22)7-14(21)11-4-3-9(17)5-13(11)18/h3-6,8,14,21H,2,7H2,1H3. The Balaban J connectivity index is 1.94. The van der Waals surface area contributed by atoms with E-state index in [4.69, 9.17) is 0 Å². The third-order valence-corrected chi connectivity index (χ3v) is 4.80. The summed E-state index contributed by atoms with van der Waals surface area (Å²) in [5.41, 5.74) is -0.342. The molecule has 0 fully saturated rings. The molecule has 1 unspecified atom stereocenters. The maximum absolute atomic E-state index is 13.7. The molecule has 0 aliphatic rings. The molecule has 7 heteroatoms. The van der Waals surface area contributed by atoms with Gasteiger partial charge in [0.05, 0.1) is 24.4 Å². The summed E-state index contributed by atoms with van der Waals surface area (Å²) < 4.78 is 27.9. The minimum Gasteiger partial charge on any atom is -0.386 e. The van der Waals surface area contributed by atoms with Gasteiger partial charge < -0.3 is 5.11 Å². The first-order valence-corrected chi connectivity index (χ1v) is 7.92.